The highest BCUT2D eigenvalue weighted by atomic mass is 16.5. The van der Waals surface area contributed by atoms with Crippen molar-refractivity contribution in [1.29, 1.82) is 0 Å². The highest BCUT2D eigenvalue weighted by Crippen LogP contribution is 2.16. The molecule has 0 aliphatic rings. The first-order chi connectivity index (χ1) is 11.1. The molecular weight excluding hydrogens is 300 g/mol. The molecular formula is C16H16N2O5. The Hall–Kier alpha value is -2.96. The van der Waals surface area contributed by atoms with Crippen LogP contribution in [0.5, 0.6) is 0 Å². The fraction of sp³-hybridized carbons (Fsp3) is 0.250. The number of ether oxygens (including phenoxy) is 2. The number of carbonyl (C=O) groups is 2. The second kappa shape index (κ2) is 7.35. The molecule has 2 rings (SSSR count). The predicted octanol–water partition coefficient (Wildman–Crippen LogP) is 1.74. The number of hydrogen-bond donors (Lipinski definition) is 0. The van der Waals surface area contributed by atoms with Gasteiger partial charge in [0, 0.05) is 18.3 Å². The summed E-state index contributed by atoms with van der Waals surface area (Å²) >= 11 is 0. The number of nitrogens with zero attached hydrogens (tertiary/aromatic N) is 2. The van der Waals surface area contributed by atoms with E-state index < -0.39 is 11.9 Å². The number of rotatable bonds is 5. The molecule has 0 aliphatic carbocycles. The van der Waals surface area contributed by atoms with Crippen LogP contribution in [0.15, 0.2) is 36.7 Å². The zero-order valence-corrected chi connectivity index (χ0v) is 12.8. The van der Waals surface area contributed by atoms with Crippen molar-refractivity contribution in [2.75, 3.05) is 13.2 Å². The molecule has 7 nitrogen and oxygen atoms in total. The maximum absolute atomic E-state index is 12.0. The minimum atomic E-state index is -0.532. The number of hydrogen-bond acceptors (Lipinski definition) is 6. The van der Waals surface area contributed by atoms with Gasteiger partial charge < -0.3 is 14.7 Å². The standard InChI is InChI=1S/C16H16N2O5/c1-3-22-15(19)11-5-7-17-13(9-11)14-10-12(6-8-18(14)21)16(20)23-4-2/h5-10H,3-4H2,1-2H3. The molecule has 0 amide bonds. The Morgan fingerprint density at radius 1 is 1.09 bits per heavy atom. The van der Waals surface area contributed by atoms with Crippen LogP contribution < -0.4 is 4.73 Å². The lowest BCUT2D eigenvalue weighted by molar-refractivity contribution is -0.593. The Labute approximate surface area is 133 Å². The first-order valence-electron chi connectivity index (χ1n) is 7.10. The summed E-state index contributed by atoms with van der Waals surface area (Å²) in [7, 11) is 0. The van der Waals surface area contributed by atoms with Gasteiger partial charge in [-0.05, 0) is 26.0 Å². The Kier molecular flexibility index (Phi) is 5.24. The molecule has 0 bridgehead atoms. The average Bonchev–Trinajstić information content (AvgIpc) is 2.56. The fourth-order valence-corrected chi connectivity index (χ4v) is 1.93. The van der Waals surface area contributed by atoms with E-state index in [9.17, 15) is 14.8 Å². The van der Waals surface area contributed by atoms with Gasteiger partial charge in [-0.3, -0.25) is 0 Å². The zero-order chi connectivity index (χ0) is 16.8. The SMILES string of the molecule is CCOC(=O)c1ccnc(-c2cc(C(=O)OCC)cc[n+]2[O-])c1. The van der Waals surface area contributed by atoms with Crippen LogP contribution >= 0.6 is 0 Å². The second-order valence-corrected chi connectivity index (χ2v) is 4.50. The highest BCUT2D eigenvalue weighted by Gasteiger charge is 2.17. The molecule has 2 aromatic rings. The van der Waals surface area contributed by atoms with Gasteiger partial charge in [-0.15, -0.1) is 0 Å². The van der Waals surface area contributed by atoms with E-state index >= 15 is 0 Å². The van der Waals surface area contributed by atoms with E-state index in [4.69, 9.17) is 9.47 Å². The van der Waals surface area contributed by atoms with Crippen molar-refractivity contribution in [2.45, 2.75) is 13.8 Å². The molecule has 0 aliphatic heterocycles. The Morgan fingerprint density at radius 2 is 1.70 bits per heavy atom. The van der Waals surface area contributed by atoms with Gasteiger partial charge in [0.25, 0.3) is 0 Å². The Balaban J connectivity index is 2.41. The summed E-state index contributed by atoms with van der Waals surface area (Å²) in [4.78, 5) is 27.6. The van der Waals surface area contributed by atoms with Crippen LogP contribution in [0.3, 0.4) is 0 Å². The van der Waals surface area contributed by atoms with Crippen LogP contribution in [-0.2, 0) is 9.47 Å². The van der Waals surface area contributed by atoms with Crippen molar-refractivity contribution >= 4 is 11.9 Å². The summed E-state index contributed by atoms with van der Waals surface area (Å²) < 4.78 is 10.4. The average molecular weight is 316 g/mol. The highest BCUT2D eigenvalue weighted by molar-refractivity contribution is 5.91. The van der Waals surface area contributed by atoms with Gasteiger partial charge in [-0.2, -0.15) is 4.73 Å². The molecule has 0 fully saturated rings. The van der Waals surface area contributed by atoms with E-state index in [0.717, 1.165) is 0 Å². The molecule has 0 atom stereocenters. The van der Waals surface area contributed by atoms with Gasteiger partial charge in [0.2, 0.25) is 5.69 Å². The first kappa shape index (κ1) is 16.4. The van der Waals surface area contributed by atoms with Crippen molar-refractivity contribution in [3.05, 3.63) is 53.0 Å². The lowest BCUT2D eigenvalue weighted by Gasteiger charge is -2.07. The quantitative estimate of drug-likeness (QED) is 0.474. The van der Waals surface area contributed by atoms with Gasteiger partial charge in [0.1, 0.15) is 5.69 Å². The fourth-order valence-electron chi connectivity index (χ4n) is 1.93. The third-order valence-corrected chi connectivity index (χ3v) is 2.96. The number of carbonyl (C=O) groups excluding carboxylic acids is 2. The van der Waals surface area contributed by atoms with E-state index in [1.807, 2.05) is 0 Å². The molecule has 2 aromatic heterocycles. The van der Waals surface area contributed by atoms with Gasteiger partial charge in [-0.1, -0.05) is 0 Å². The molecule has 7 heteroatoms. The van der Waals surface area contributed by atoms with Crippen molar-refractivity contribution < 1.29 is 23.8 Å². The third kappa shape index (κ3) is 3.82. The number of esters is 2. The van der Waals surface area contributed by atoms with E-state index in [1.54, 1.807) is 13.8 Å². The van der Waals surface area contributed by atoms with Crippen molar-refractivity contribution in [1.82, 2.24) is 4.98 Å². The summed E-state index contributed by atoms with van der Waals surface area (Å²) in [6, 6.07) is 5.68. The van der Waals surface area contributed by atoms with Crippen LogP contribution in [0.1, 0.15) is 34.6 Å². The van der Waals surface area contributed by atoms with Crippen LogP contribution in [-0.4, -0.2) is 30.1 Å². The topological polar surface area (TPSA) is 92.4 Å². The number of pyridine rings is 2. The van der Waals surface area contributed by atoms with Crippen molar-refractivity contribution in [3.8, 4) is 11.4 Å². The monoisotopic (exact) mass is 316 g/mol. The number of aromatic nitrogens is 2. The molecule has 0 saturated heterocycles. The molecule has 0 aromatic carbocycles. The summed E-state index contributed by atoms with van der Waals surface area (Å²) in [5.41, 5.74) is 0.911. The van der Waals surface area contributed by atoms with Crippen LogP contribution in [0.25, 0.3) is 11.4 Å². The maximum Gasteiger partial charge on any atom is 0.338 e. The summed E-state index contributed by atoms with van der Waals surface area (Å²) in [5.74, 6) is -1.04. The molecule has 120 valence electrons. The molecule has 0 N–H and O–H groups in total. The maximum atomic E-state index is 12.0. The Morgan fingerprint density at radius 3 is 2.30 bits per heavy atom. The van der Waals surface area contributed by atoms with Crippen LogP contribution in [0.2, 0.25) is 0 Å². The molecule has 23 heavy (non-hydrogen) atoms. The third-order valence-electron chi connectivity index (χ3n) is 2.96. The van der Waals surface area contributed by atoms with E-state index in [0.29, 0.717) is 4.73 Å². The first-order valence-corrected chi connectivity index (χ1v) is 7.10. The minimum Gasteiger partial charge on any atom is -0.618 e. The zero-order valence-electron chi connectivity index (χ0n) is 12.8. The smallest absolute Gasteiger partial charge is 0.338 e. The molecule has 0 radical (unpaired) electrons. The van der Waals surface area contributed by atoms with E-state index in [1.165, 1.54) is 36.7 Å². The molecule has 0 unspecified atom stereocenters. The van der Waals surface area contributed by atoms with Crippen molar-refractivity contribution in [2.24, 2.45) is 0 Å². The summed E-state index contributed by atoms with van der Waals surface area (Å²) in [6.07, 6.45) is 2.60. The van der Waals surface area contributed by atoms with Crippen molar-refractivity contribution in [3.63, 3.8) is 0 Å². The van der Waals surface area contributed by atoms with E-state index in [2.05, 4.69) is 4.98 Å². The van der Waals surface area contributed by atoms with E-state index in [-0.39, 0.29) is 35.7 Å². The molecule has 2 heterocycles. The Bertz CT molecular complexity index is 730. The van der Waals surface area contributed by atoms with Gasteiger partial charge in [0.15, 0.2) is 6.20 Å². The lowest BCUT2D eigenvalue weighted by atomic mass is 10.1. The minimum absolute atomic E-state index is 0.140. The molecule has 0 spiro atoms. The lowest BCUT2D eigenvalue weighted by Crippen LogP contribution is -2.29. The van der Waals surface area contributed by atoms with Gasteiger partial charge >= 0.3 is 11.9 Å². The largest absolute Gasteiger partial charge is 0.618 e. The van der Waals surface area contributed by atoms with Gasteiger partial charge in [0.05, 0.1) is 24.3 Å². The van der Waals surface area contributed by atoms with Gasteiger partial charge in [-0.25, -0.2) is 14.6 Å². The normalized spacial score (nSPS) is 10.2. The summed E-state index contributed by atoms with van der Waals surface area (Å²) in [6.45, 7) is 3.88. The predicted molar refractivity (Wildman–Crippen MR) is 80.5 cm³/mol. The van der Waals surface area contributed by atoms with Crippen LogP contribution in [0.4, 0.5) is 0 Å². The molecule has 0 saturated carbocycles. The van der Waals surface area contributed by atoms with Crippen LogP contribution in [0, 0.1) is 5.21 Å². The summed E-state index contributed by atoms with van der Waals surface area (Å²) in [5, 5.41) is 12.0. The second-order valence-electron chi connectivity index (χ2n) is 4.50.